The van der Waals surface area contributed by atoms with Crippen molar-refractivity contribution in [3.8, 4) is 0 Å². The average molecular weight is 306 g/mol. The fourth-order valence-electron chi connectivity index (χ4n) is 5.65. The molecule has 0 amide bonds. The summed E-state index contributed by atoms with van der Waals surface area (Å²) in [6.07, 6.45) is 4.43. The van der Waals surface area contributed by atoms with Crippen LogP contribution >= 0.6 is 0 Å². The van der Waals surface area contributed by atoms with E-state index < -0.39 is 10.8 Å². The average Bonchev–Trinajstić information content (AvgIpc) is 3.16. The van der Waals surface area contributed by atoms with Gasteiger partial charge in [-0.3, -0.25) is 19.2 Å². The molecule has 0 heterocycles. The van der Waals surface area contributed by atoms with Gasteiger partial charge < -0.3 is 0 Å². The van der Waals surface area contributed by atoms with Crippen molar-refractivity contribution in [2.24, 2.45) is 22.7 Å². The molecule has 0 saturated heterocycles. The SMILES string of the molecule is O=C1CCC(=O)[C@]23C(=O)c4ccccc4C(=O)[C@@]12[C@H]1C=C[C@H]3C1. The standard InChI is InChI=1S/C19H14O4/c20-14-7-8-15(21)19-11-6-5-10(9-11)18(14,19)16(22)12-3-1-2-4-13(12)17(19)23/h1-6,10-11H,7-9H2/t10-,11-,18+,19+/m0/s1. The van der Waals surface area contributed by atoms with E-state index in [0.29, 0.717) is 17.5 Å². The minimum atomic E-state index is -1.48. The van der Waals surface area contributed by atoms with Crippen LogP contribution in [0.2, 0.25) is 0 Å². The minimum Gasteiger partial charge on any atom is -0.298 e. The minimum absolute atomic E-state index is 0.0683. The predicted octanol–water partition coefficient (Wildman–Crippen LogP) is 2.18. The third kappa shape index (κ3) is 1.07. The van der Waals surface area contributed by atoms with Crippen molar-refractivity contribution >= 4 is 23.1 Å². The van der Waals surface area contributed by atoms with E-state index >= 15 is 0 Å². The second-order valence-corrected chi connectivity index (χ2v) is 7.00. The van der Waals surface area contributed by atoms with Crippen molar-refractivity contribution in [1.29, 1.82) is 0 Å². The van der Waals surface area contributed by atoms with Crippen LogP contribution in [0.1, 0.15) is 40.0 Å². The van der Waals surface area contributed by atoms with Crippen LogP contribution in [0.25, 0.3) is 0 Å². The zero-order valence-electron chi connectivity index (χ0n) is 12.4. The maximum absolute atomic E-state index is 13.4. The van der Waals surface area contributed by atoms with Gasteiger partial charge in [0.05, 0.1) is 0 Å². The Morgan fingerprint density at radius 2 is 1.17 bits per heavy atom. The van der Waals surface area contributed by atoms with Crippen LogP contribution in [-0.2, 0) is 9.59 Å². The summed E-state index contributed by atoms with van der Waals surface area (Å²) < 4.78 is 0. The molecule has 0 aromatic heterocycles. The summed E-state index contributed by atoms with van der Waals surface area (Å²) in [5.74, 6) is -1.73. The van der Waals surface area contributed by atoms with E-state index in [2.05, 4.69) is 0 Å². The number of Topliss-reactive ketones (excluding diaryl/α,β-unsaturated/α-hetero) is 4. The van der Waals surface area contributed by atoms with Crippen LogP contribution in [0.15, 0.2) is 36.4 Å². The van der Waals surface area contributed by atoms with Crippen LogP contribution in [0.3, 0.4) is 0 Å². The molecule has 2 saturated carbocycles. The molecule has 4 nitrogen and oxygen atoms in total. The number of carbonyl (C=O) groups is 4. The van der Waals surface area contributed by atoms with Crippen LogP contribution < -0.4 is 0 Å². The smallest absolute Gasteiger partial charge is 0.179 e. The first-order valence-corrected chi connectivity index (χ1v) is 7.99. The summed E-state index contributed by atoms with van der Waals surface area (Å²) in [5.41, 5.74) is -2.35. The van der Waals surface area contributed by atoms with E-state index in [1.165, 1.54) is 0 Å². The second kappa shape index (κ2) is 3.75. The van der Waals surface area contributed by atoms with Crippen LogP contribution in [0.5, 0.6) is 0 Å². The largest absolute Gasteiger partial charge is 0.298 e. The zero-order chi connectivity index (χ0) is 16.0. The van der Waals surface area contributed by atoms with Gasteiger partial charge >= 0.3 is 0 Å². The molecule has 0 spiro atoms. The molecule has 2 bridgehead atoms. The van der Waals surface area contributed by atoms with Crippen LogP contribution in [0, 0.1) is 22.7 Å². The molecule has 5 rings (SSSR count). The number of carbonyl (C=O) groups excluding carboxylic acids is 4. The molecule has 0 radical (unpaired) electrons. The molecule has 1 aromatic carbocycles. The molecule has 0 unspecified atom stereocenters. The molecule has 114 valence electrons. The van der Waals surface area contributed by atoms with Crippen molar-refractivity contribution in [2.75, 3.05) is 0 Å². The van der Waals surface area contributed by atoms with Gasteiger partial charge in [-0.15, -0.1) is 0 Å². The molecule has 4 aliphatic rings. The summed E-state index contributed by atoms with van der Waals surface area (Å²) in [5, 5.41) is 0. The molecular weight excluding hydrogens is 292 g/mol. The third-order valence-corrected chi connectivity index (χ3v) is 6.41. The Hall–Kier alpha value is -2.36. The van der Waals surface area contributed by atoms with Crippen molar-refractivity contribution in [3.05, 3.63) is 47.5 Å². The topological polar surface area (TPSA) is 68.3 Å². The van der Waals surface area contributed by atoms with Crippen molar-refractivity contribution in [1.82, 2.24) is 0 Å². The number of hydrogen-bond acceptors (Lipinski definition) is 4. The summed E-state index contributed by atoms with van der Waals surface area (Å²) in [6, 6.07) is 6.62. The molecule has 4 aliphatic carbocycles. The van der Waals surface area contributed by atoms with Gasteiger partial charge in [0, 0.05) is 24.0 Å². The molecule has 4 heteroatoms. The summed E-state index contributed by atoms with van der Waals surface area (Å²) in [4.78, 5) is 52.7. The van der Waals surface area contributed by atoms with E-state index in [-0.39, 0.29) is 47.8 Å². The second-order valence-electron chi connectivity index (χ2n) is 7.00. The van der Waals surface area contributed by atoms with Gasteiger partial charge in [0.2, 0.25) is 0 Å². The van der Waals surface area contributed by atoms with Crippen LogP contribution in [-0.4, -0.2) is 23.1 Å². The Morgan fingerprint density at radius 3 is 1.61 bits per heavy atom. The summed E-state index contributed by atoms with van der Waals surface area (Å²) >= 11 is 0. The Balaban J connectivity index is 1.95. The Labute approximate surface area is 132 Å². The Bertz CT molecular complexity index is 795. The van der Waals surface area contributed by atoms with Gasteiger partial charge in [-0.25, -0.2) is 0 Å². The van der Waals surface area contributed by atoms with Gasteiger partial charge in [-0.2, -0.15) is 0 Å². The fourth-order valence-corrected chi connectivity index (χ4v) is 5.65. The molecular formula is C19H14O4. The van der Waals surface area contributed by atoms with Gasteiger partial charge in [0.1, 0.15) is 22.4 Å². The highest BCUT2D eigenvalue weighted by Gasteiger charge is 2.80. The van der Waals surface area contributed by atoms with Gasteiger partial charge in [0.15, 0.2) is 11.6 Å². The van der Waals surface area contributed by atoms with Crippen LogP contribution in [0.4, 0.5) is 0 Å². The molecule has 23 heavy (non-hydrogen) atoms. The lowest BCUT2D eigenvalue weighted by Crippen LogP contribution is -2.67. The van der Waals surface area contributed by atoms with Crippen molar-refractivity contribution in [2.45, 2.75) is 19.3 Å². The zero-order valence-corrected chi connectivity index (χ0v) is 12.4. The lowest BCUT2D eigenvalue weighted by atomic mass is 9.44. The molecule has 0 aliphatic heterocycles. The molecule has 4 atom stereocenters. The van der Waals surface area contributed by atoms with E-state index in [1.807, 2.05) is 12.2 Å². The first-order chi connectivity index (χ1) is 11.1. The van der Waals surface area contributed by atoms with E-state index in [1.54, 1.807) is 24.3 Å². The number of fused-ring (bicyclic) bond motifs is 3. The quantitative estimate of drug-likeness (QED) is 0.544. The van der Waals surface area contributed by atoms with Crippen molar-refractivity contribution < 1.29 is 19.2 Å². The highest BCUT2D eigenvalue weighted by molar-refractivity contribution is 6.35. The first-order valence-electron chi connectivity index (χ1n) is 7.99. The molecule has 2 fully saturated rings. The fraction of sp³-hybridized carbons (Fsp3) is 0.368. The first kappa shape index (κ1) is 13.1. The lowest BCUT2D eigenvalue weighted by Gasteiger charge is -2.52. The number of rotatable bonds is 0. The number of benzene rings is 1. The van der Waals surface area contributed by atoms with Crippen molar-refractivity contribution in [3.63, 3.8) is 0 Å². The number of hydrogen-bond donors (Lipinski definition) is 0. The normalized spacial score (nSPS) is 40.2. The van der Waals surface area contributed by atoms with Gasteiger partial charge in [0.25, 0.3) is 0 Å². The summed E-state index contributed by atoms with van der Waals surface area (Å²) in [7, 11) is 0. The Kier molecular flexibility index (Phi) is 2.14. The molecule has 0 N–H and O–H groups in total. The van der Waals surface area contributed by atoms with Gasteiger partial charge in [-0.1, -0.05) is 36.4 Å². The van der Waals surface area contributed by atoms with E-state index in [4.69, 9.17) is 0 Å². The molecule has 1 aromatic rings. The number of allylic oxidation sites excluding steroid dienone is 2. The third-order valence-electron chi connectivity index (χ3n) is 6.41. The maximum Gasteiger partial charge on any atom is 0.179 e. The maximum atomic E-state index is 13.4. The van der Waals surface area contributed by atoms with Gasteiger partial charge in [-0.05, 0) is 18.3 Å². The predicted molar refractivity (Wildman–Crippen MR) is 80.0 cm³/mol. The monoisotopic (exact) mass is 306 g/mol. The number of ketones is 4. The Morgan fingerprint density at radius 1 is 0.739 bits per heavy atom. The summed E-state index contributed by atoms with van der Waals surface area (Å²) in [6.45, 7) is 0. The highest BCUT2D eigenvalue weighted by Crippen LogP contribution is 2.70. The highest BCUT2D eigenvalue weighted by atomic mass is 16.2. The van der Waals surface area contributed by atoms with E-state index in [0.717, 1.165) is 0 Å². The lowest BCUT2D eigenvalue weighted by molar-refractivity contribution is -0.149. The van der Waals surface area contributed by atoms with E-state index in [9.17, 15) is 19.2 Å².